The Balaban J connectivity index is 2.13. The van der Waals surface area contributed by atoms with E-state index in [0.717, 1.165) is 12.8 Å². The topological polar surface area (TPSA) is 26.0 Å². The predicted octanol–water partition coefficient (Wildman–Crippen LogP) is 4.32. The van der Waals surface area contributed by atoms with Gasteiger partial charge < -0.3 is 5.73 Å². The van der Waals surface area contributed by atoms with Crippen molar-refractivity contribution in [2.75, 3.05) is 0 Å². The highest BCUT2D eigenvalue weighted by atomic mass is 14.6. The molecule has 2 aromatic rings. The molecule has 0 heterocycles. The summed E-state index contributed by atoms with van der Waals surface area (Å²) >= 11 is 0. The van der Waals surface area contributed by atoms with Gasteiger partial charge in [0.2, 0.25) is 0 Å². The second-order valence-electron chi connectivity index (χ2n) is 4.46. The largest absolute Gasteiger partial charge is 0.324 e. The molecule has 1 heteroatoms. The standard InChI is InChI=1S/C17H19N/c1-2-3-9-17(18)16-12-10-15(11-13-16)14-7-5-4-6-8-14/h2,4-8,10-13,17H,1,3,9,18H2/t17-/m0/s1. The monoisotopic (exact) mass is 237 g/mol. The number of nitrogens with two attached hydrogens (primary N) is 1. The quantitative estimate of drug-likeness (QED) is 0.770. The van der Waals surface area contributed by atoms with Crippen molar-refractivity contribution in [3.63, 3.8) is 0 Å². The third-order valence-electron chi connectivity index (χ3n) is 3.13. The van der Waals surface area contributed by atoms with Gasteiger partial charge in [-0.3, -0.25) is 0 Å². The summed E-state index contributed by atoms with van der Waals surface area (Å²) in [5, 5.41) is 0. The van der Waals surface area contributed by atoms with E-state index in [2.05, 4.69) is 55.1 Å². The van der Waals surface area contributed by atoms with Crippen molar-refractivity contribution in [3.05, 3.63) is 72.8 Å². The maximum Gasteiger partial charge on any atom is 0.0297 e. The molecular weight excluding hydrogens is 218 g/mol. The molecule has 1 atom stereocenters. The van der Waals surface area contributed by atoms with Crippen molar-refractivity contribution >= 4 is 0 Å². The Labute approximate surface area is 109 Å². The van der Waals surface area contributed by atoms with Gasteiger partial charge in [-0.1, -0.05) is 60.7 Å². The molecule has 18 heavy (non-hydrogen) atoms. The van der Waals surface area contributed by atoms with Gasteiger partial charge in [0.05, 0.1) is 0 Å². The number of allylic oxidation sites excluding steroid dienone is 1. The molecule has 0 saturated carbocycles. The van der Waals surface area contributed by atoms with Crippen LogP contribution in [0.1, 0.15) is 24.4 Å². The third-order valence-corrected chi connectivity index (χ3v) is 3.13. The Hall–Kier alpha value is -1.86. The molecule has 0 saturated heterocycles. The SMILES string of the molecule is C=CCC[C@H](N)c1ccc(-c2ccccc2)cc1. The lowest BCUT2D eigenvalue weighted by Gasteiger charge is -2.11. The molecule has 2 rings (SSSR count). The lowest BCUT2D eigenvalue weighted by atomic mass is 9.99. The molecule has 1 nitrogen and oxygen atoms in total. The van der Waals surface area contributed by atoms with Crippen molar-refractivity contribution in [2.45, 2.75) is 18.9 Å². The summed E-state index contributed by atoms with van der Waals surface area (Å²) in [5.74, 6) is 0. The van der Waals surface area contributed by atoms with Crippen LogP contribution >= 0.6 is 0 Å². The first-order valence-electron chi connectivity index (χ1n) is 6.33. The van der Waals surface area contributed by atoms with Crippen LogP contribution < -0.4 is 5.73 Å². The van der Waals surface area contributed by atoms with Gasteiger partial charge in [0, 0.05) is 6.04 Å². The fourth-order valence-corrected chi connectivity index (χ4v) is 2.02. The van der Waals surface area contributed by atoms with E-state index in [1.165, 1.54) is 16.7 Å². The van der Waals surface area contributed by atoms with Crippen molar-refractivity contribution in [2.24, 2.45) is 5.73 Å². The molecule has 0 aromatic heterocycles. The summed E-state index contributed by atoms with van der Waals surface area (Å²) in [6.45, 7) is 3.72. The van der Waals surface area contributed by atoms with E-state index in [4.69, 9.17) is 5.73 Å². The van der Waals surface area contributed by atoms with Crippen molar-refractivity contribution in [3.8, 4) is 11.1 Å². The number of hydrogen-bond donors (Lipinski definition) is 1. The second kappa shape index (κ2) is 6.18. The molecule has 2 N–H and O–H groups in total. The maximum atomic E-state index is 6.12. The second-order valence-corrected chi connectivity index (χ2v) is 4.46. The van der Waals surface area contributed by atoms with Crippen LogP contribution in [0.25, 0.3) is 11.1 Å². The lowest BCUT2D eigenvalue weighted by Crippen LogP contribution is -2.09. The Morgan fingerprint density at radius 2 is 1.56 bits per heavy atom. The van der Waals surface area contributed by atoms with Gasteiger partial charge >= 0.3 is 0 Å². The minimum atomic E-state index is 0.104. The zero-order valence-electron chi connectivity index (χ0n) is 10.5. The maximum absolute atomic E-state index is 6.12. The van der Waals surface area contributed by atoms with Gasteiger partial charge in [0.1, 0.15) is 0 Å². The first kappa shape index (κ1) is 12.6. The molecule has 92 valence electrons. The number of rotatable bonds is 5. The average molecular weight is 237 g/mol. The van der Waals surface area contributed by atoms with Gasteiger partial charge in [0.15, 0.2) is 0 Å². The van der Waals surface area contributed by atoms with Gasteiger partial charge in [-0.15, -0.1) is 6.58 Å². The zero-order chi connectivity index (χ0) is 12.8. The van der Waals surface area contributed by atoms with Crippen LogP contribution in [0.2, 0.25) is 0 Å². The Bertz CT molecular complexity index is 485. The van der Waals surface area contributed by atoms with Crippen LogP contribution in [0.5, 0.6) is 0 Å². The first-order chi connectivity index (χ1) is 8.81. The van der Waals surface area contributed by atoms with E-state index in [1.54, 1.807) is 0 Å². The summed E-state index contributed by atoms with van der Waals surface area (Å²) in [6, 6.07) is 19.0. The predicted molar refractivity (Wildman–Crippen MR) is 78.2 cm³/mol. The van der Waals surface area contributed by atoms with Crippen LogP contribution in [-0.2, 0) is 0 Å². The number of hydrogen-bond acceptors (Lipinski definition) is 1. The smallest absolute Gasteiger partial charge is 0.0297 e. The highest BCUT2D eigenvalue weighted by Crippen LogP contribution is 2.22. The Morgan fingerprint density at radius 1 is 0.944 bits per heavy atom. The average Bonchev–Trinajstić information content (AvgIpc) is 2.46. The molecule has 0 aliphatic heterocycles. The van der Waals surface area contributed by atoms with E-state index in [-0.39, 0.29) is 6.04 Å². The molecule has 0 spiro atoms. The first-order valence-corrected chi connectivity index (χ1v) is 6.33. The summed E-state index contributed by atoms with van der Waals surface area (Å²) in [6.07, 6.45) is 3.83. The lowest BCUT2D eigenvalue weighted by molar-refractivity contribution is 0.661. The zero-order valence-corrected chi connectivity index (χ0v) is 10.5. The molecule has 0 aliphatic carbocycles. The summed E-state index contributed by atoms with van der Waals surface area (Å²) in [7, 11) is 0. The Morgan fingerprint density at radius 3 is 2.17 bits per heavy atom. The summed E-state index contributed by atoms with van der Waals surface area (Å²) < 4.78 is 0. The number of benzene rings is 2. The van der Waals surface area contributed by atoms with E-state index < -0.39 is 0 Å². The van der Waals surface area contributed by atoms with Gasteiger partial charge in [-0.25, -0.2) is 0 Å². The fraction of sp³-hybridized carbons (Fsp3) is 0.176. The summed E-state index contributed by atoms with van der Waals surface area (Å²) in [4.78, 5) is 0. The van der Waals surface area contributed by atoms with Gasteiger partial charge in [0.25, 0.3) is 0 Å². The van der Waals surface area contributed by atoms with Crippen molar-refractivity contribution in [1.29, 1.82) is 0 Å². The van der Waals surface area contributed by atoms with E-state index in [1.807, 2.05) is 12.1 Å². The molecular formula is C17H19N. The molecule has 0 amide bonds. The molecule has 0 bridgehead atoms. The van der Waals surface area contributed by atoms with Crippen LogP contribution in [0, 0.1) is 0 Å². The van der Waals surface area contributed by atoms with Crippen LogP contribution in [0.4, 0.5) is 0 Å². The van der Waals surface area contributed by atoms with Crippen LogP contribution in [0.3, 0.4) is 0 Å². The molecule has 2 aromatic carbocycles. The van der Waals surface area contributed by atoms with Crippen LogP contribution in [-0.4, -0.2) is 0 Å². The van der Waals surface area contributed by atoms with E-state index >= 15 is 0 Å². The summed E-state index contributed by atoms with van der Waals surface area (Å²) in [5.41, 5.74) is 9.78. The highest BCUT2D eigenvalue weighted by molar-refractivity contribution is 5.63. The van der Waals surface area contributed by atoms with Gasteiger partial charge in [-0.05, 0) is 29.5 Å². The minimum absolute atomic E-state index is 0.104. The van der Waals surface area contributed by atoms with Crippen LogP contribution in [0.15, 0.2) is 67.3 Å². The molecule has 0 unspecified atom stereocenters. The fourth-order valence-electron chi connectivity index (χ4n) is 2.02. The van der Waals surface area contributed by atoms with Crippen molar-refractivity contribution < 1.29 is 0 Å². The molecule has 0 aliphatic rings. The van der Waals surface area contributed by atoms with Gasteiger partial charge in [-0.2, -0.15) is 0 Å². The molecule has 0 fully saturated rings. The Kier molecular flexibility index (Phi) is 4.32. The highest BCUT2D eigenvalue weighted by Gasteiger charge is 2.05. The minimum Gasteiger partial charge on any atom is -0.324 e. The third kappa shape index (κ3) is 3.08. The van der Waals surface area contributed by atoms with E-state index in [9.17, 15) is 0 Å². The van der Waals surface area contributed by atoms with Crippen molar-refractivity contribution in [1.82, 2.24) is 0 Å². The molecule has 0 radical (unpaired) electrons. The normalized spacial score (nSPS) is 12.1. The van der Waals surface area contributed by atoms with E-state index in [0.29, 0.717) is 0 Å².